The fourth-order valence-electron chi connectivity index (χ4n) is 4.18. The molecule has 0 unspecified atom stereocenters. The van der Waals surface area contributed by atoms with Crippen molar-refractivity contribution in [3.05, 3.63) is 52.8 Å². The predicted octanol–water partition coefficient (Wildman–Crippen LogP) is 4.06. The molecule has 3 aromatic rings. The Morgan fingerprint density at radius 3 is 2.58 bits per heavy atom. The zero-order valence-corrected chi connectivity index (χ0v) is 18.3. The maximum Gasteiger partial charge on any atom is 0.266 e. The van der Waals surface area contributed by atoms with Crippen molar-refractivity contribution in [3.63, 3.8) is 0 Å². The number of rotatable bonds is 7. The summed E-state index contributed by atoms with van der Waals surface area (Å²) < 4.78 is 1.41. The summed E-state index contributed by atoms with van der Waals surface area (Å²) in [6.45, 7) is 5.26. The zero-order chi connectivity index (χ0) is 21.8. The van der Waals surface area contributed by atoms with Crippen molar-refractivity contribution in [2.45, 2.75) is 58.1 Å². The molecule has 2 aromatic heterocycles. The molecule has 3 N–H and O–H groups in total. The van der Waals surface area contributed by atoms with E-state index in [1.54, 1.807) is 6.07 Å². The van der Waals surface area contributed by atoms with E-state index in [9.17, 15) is 9.90 Å². The van der Waals surface area contributed by atoms with E-state index in [1.165, 1.54) is 10.7 Å². The van der Waals surface area contributed by atoms with Crippen LogP contribution < -0.4 is 10.9 Å². The van der Waals surface area contributed by atoms with Crippen LogP contribution >= 0.6 is 0 Å². The van der Waals surface area contributed by atoms with Crippen molar-refractivity contribution < 1.29 is 5.11 Å². The van der Waals surface area contributed by atoms with Gasteiger partial charge in [-0.25, -0.2) is 4.68 Å². The van der Waals surface area contributed by atoms with Gasteiger partial charge in [-0.2, -0.15) is 10.2 Å². The zero-order valence-electron chi connectivity index (χ0n) is 18.3. The molecular weight excluding hydrogens is 390 g/mol. The van der Waals surface area contributed by atoms with Crippen LogP contribution in [0.5, 0.6) is 0 Å². The molecule has 1 fully saturated rings. The Hall–Kier alpha value is -2.93. The highest BCUT2D eigenvalue weighted by Crippen LogP contribution is 2.35. The Labute approximate surface area is 182 Å². The van der Waals surface area contributed by atoms with E-state index in [2.05, 4.69) is 34.5 Å². The first-order chi connectivity index (χ1) is 15.0. The molecule has 31 heavy (non-hydrogen) atoms. The molecule has 1 saturated carbocycles. The van der Waals surface area contributed by atoms with Crippen LogP contribution in [0.2, 0.25) is 0 Å². The van der Waals surface area contributed by atoms with E-state index >= 15 is 0 Å². The van der Waals surface area contributed by atoms with Gasteiger partial charge in [0.2, 0.25) is 0 Å². The molecule has 0 spiro atoms. The molecule has 0 bridgehead atoms. The SMILES string of the molecule is CC(C)CNc1n[nH]c(-c2ccccc2)c1-c1ccc(=O)n(CC2(O)CCCCC2)n1. The largest absolute Gasteiger partial charge is 0.388 e. The first-order valence-corrected chi connectivity index (χ1v) is 11.1. The molecule has 0 atom stereocenters. The Bertz CT molecular complexity index is 1070. The molecule has 7 nitrogen and oxygen atoms in total. The summed E-state index contributed by atoms with van der Waals surface area (Å²) in [7, 11) is 0. The van der Waals surface area contributed by atoms with Gasteiger partial charge < -0.3 is 10.4 Å². The first-order valence-electron chi connectivity index (χ1n) is 11.1. The van der Waals surface area contributed by atoms with Crippen LogP contribution in [-0.2, 0) is 6.54 Å². The van der Waals surface area contributed by atoms with Crippen LogP contribution in [0.25, 0.3) is 22.5 Å². The highest BCUT2D eigenvalue weighted by molar-refractivity contribution is 5.86. The Morgan fingerprint density at radius 1 is 1.13 bits per heavy atom. The van der Waals surface area contributed by atoms with Crippen LogP contribution in [-0.4, -0.2) is 37.2 Å². The molecule has 0 amide bonds. The van der Waals surface area contributed by atoms with Gasteiger partial charge in [0, 0.05) is 18.2 Å². The lowest BCUT2D eigenvalue weighted by atomic mass is 9.85. The molecular formula is C24H31N5O2. The third-order valence-corrected chi connectivity index (χ3v) is 5.86. The number of aromatic amines is 1. The highest BCUT2D eigenvalue weighted by Gasteiger charge is 2.30. The van der Waals surface area contributed by atoms with E-state index in [0.29, 0.717) is 30.3 Å². The molecule has 7 heteroatoms. The third-order valence-electron chi connectivity index (χ3n) is 5.86. The summed E-state index contributed by atoms with van der Waals surface area (Å²) in [5, 5.41) is 26.7. The topological polar surface area (TPSA) is 95.8 Å². The number of hydrogen-bond acceptors (Lipinski definition) is 5. The number of aliphatic hydroxyl groups is 1. The second-order valence-corrected chi connectivity index (χ2v) is 8.96. The molecule has 1 aliphatic rings. The normalized spacial score (nSPS) is 15.9. The van der Waals surface area contributed by atoms with Crippen LogP contribution in [0, 0.1) is 5.92 Å². The summed E-state index contributed by atoms with van der Waals surface area (Å²) in [6, 6.07) is 13.2. The van der Waals surface area contributed by atoms with Crippen molar-refractivity contribution in [2.24, 2.45) is 5.92 Å². The predicted molar refractivity (Wildman–Crippen MR) is 123 cm³/mol. The minimum Gasteiger partial charge on any atom is -0.388 e. The number of nitrogens with zero attached hydrogens (tertiary/aromatic N) is 3. The van der Waals surface area contributed by atoms with E-state index in [0.717, 1.165) is 42.6 Å². The standard InChI is InChI=1S/C24H31N5O2/c1-17(2)15-25-23-21(22(26-27-23)18-9-5-3-6-10-18)19-11-12-20(30)29(28-19)16-24(31)13-7-4-8-14-24/h3,5-6,9-12,17,31H,4,7-8,13-16H2,1-2H3,(H2,25,26,27). The van der Waals surface area contributed by atoms with Crippen LogP contribution in [0.3, 0.4) is 0 Å². The number of benzene rings is 1. The summed E-state index contributed by atoms with van der Waals surface area (Å²) in [5.41, 5.74) is 2.25. The number of nitrogens with one attached hydrogen (secondary N) is 2. The Morgan fingerprint density at radius 2 is 1.87 bits per heavy atom. The quantitative estimate of drug-likeness (QED) is 0.535. The smallest absolute Gasteiger partial charge is 0.266 e. The Balaban J connectivity index is 1.75. The lowest BCUT2D eigenvalue weighted by molar-refractivity contribution is -0.0153. The van der Waals surface area contributed by atoms with Gasteiger partial charge in [-0.3, -0.25) is 9.89 Å². The Kier molecular flexibility index (Phi) is 6.23. The van der Waals surface area contributed by atoms with Gasteiger partial charge in [-0.15, -0.1) is 0 Å². The van der Waals surface area contributed by atoms with Crippen LogP contribution in [0.15, 0.2) is 47.3 Å². The molecule has 0 saturated heterocycles. The average Bonchev–Trinajstić information content (AvgIpc) is 3.19. The molecule has 0 radical (unpaired) electrons. The maximum atomic E-state index is 12.6. The van der Waals surface area contributed by atoms with Crippen molar-refractivity contribution in [1.29, 1.82) is 0 Å². The molecule has 2 heterocycles. The van der Waals surface area contributed by atoms with Crippen molar-refractivity contribution in [3.8, 4) is 22.5 Å². The first kappa shape index (κ1) is 21.3. The van der Waals surface area contributed by atoms with Gasteiger partial charge >= 0.3 is 0 Å². The van der Waals surface area contributed by atoms with E-state index in [-0.39, 0.29) is 12.1 Å². The number of hydrogen-bond donors (Lipinski definition) is 3. The van der Waals surface area contributed by atoms with Gasteiger partial charge in [-0.1, -0.05) is 63.4 Å². The number of H-pyrrole nitrogens is 1. The minimum atomic E-state index is -0.870. The van der Waals surface area contributed by atoms with Gasteiger partial charge in [0.15, 0.2) is 5.82 Å². The lowest BCUT2D eigenvalue weighted by Crippen LogP contribution is -2.40. The minimum absolute atomic E-state index is 0.204. The monoisotopic (exact) mass is 421 g/mol. The molecule has 0 aliphatic heterocycles. The summed E-state index contributed by atoms with van der Waals surface area (Å²) in [6.07, 6.45) is 4.49. The third kappa shape index (κ3) is 4.88. The second kappa shape index (κ2) is 9.06. The van der Waals surface area contributed by atoms with Gasteiger partial charge in [0.1, 0.15) is 0 Å². The molecule has 1 aromatic carbocycles. The van der Waals surface area contributed by atoms with E-state index in [4.69, 9.17) is 0 Å². The number of anilines is 1. The lowest BCUT2D eigenvalue weighted by Gasteiger charge is -2.32. The molecule has 4 rings (SSSR count). The fraction of sp³-hybridized carbons (Fsp3) is 0.458. The van der Waals surface area contributed by atoms with Crippen molar-refractivity contribution in [2.75, 3.05) is 11.9 Å². The summed E-state index contributed by atoms with van der Waals surface area (Å²) in [4.78, 5) is 12.6. The summed E-state index contributed by atoms with van der Waals surface area (Å²) >= 11 is 0. The highest BCUT2D eigenvalue weighted by atomic mass is 16.3. The van der Waals surface area contributed by atoms with Gasteiger partial charge in [0.25, 0.3) is 5.56 Å². The van der Waals surface area contributed by atoms with Crippen molar-refractivity contribution in [1.82, 2.24) is 20.0 Å². The van der Waals surface area contributed by atoms with Crippen molar-refractivity contribution >= 4 is 5.82 Å². The fourth-order valence-corrected chi connectivity index (χ4v) is 4.18. The average molecular weight is 422 g/mol. The van der Waals surface area contributed by atoms with Gasteiger partial charge in [-0.05, 0) is 24.8 Å². The van der Waals surface area contributed by atoms with Gasteiger partial charge in [0.05, 0.1) is 29.1 Å². The van der Waals surface area contributed by atoms with E-state index < -0.39 is 5.60 Å². The maximum absolute atomic E-state index is 12.6. The van der Waals surface area contributed by atoms with E-state index in [1.807, 2.05) is 30.3 Å². The van der Waals surface area contributed by atoms with Crippen LogP contribution in [0.4, 0.5) is 5.82 Å². The second-order valence-electron chi connectivity index (χ2n) is 8.96. The molecule has 1 aliphatic carbocycles. The molecule has 164 valence electrons. The van der Waals surface area contributed by atoms with Crippen LogP contribution in [0.1, 0.15) is 46.0 Å². The summed E-state index contributed by atoms with van der Waals surface area (Å²) in [5.74, 6) is 1.16. The number of aromatic nitrogens is 4.